The van der Waals surface area contributed by atoms with Gasteiger partial charge < -0.3 is 20.5 Å². The highest BCUT2D eigenvalue weighted by atomic mass is 16.5. The zero-order valence-corrected chi connectivity index (χ0v) is 9.89. The van der Waals surface area contributed by atoms with Crippen LogP contribution in [0.3, 0.4) is 0 Å². The molecule has 0 saturated carbocycles. The number of amides is 1. The summed E-state index contributed by atoms with van der Waals surface area (Å²) in [5, 5.41) is 8.73. The number of carboxylic acid groups (broad SMARTS) is 1. The van der Waals surface area contributed by atoms with Crippen LogP contribution in [0.15, 0.2) is 0 Å². The normalized spacial score (nSPS) is 23.5. The van der Waals surface area contributed by atoms with Gasteiger partial charge in [-0.3, -0.25) is 0 Å². The molecule has 1 fully saturated rings. The molecule has 1 saturated heterocycles. The Kier molecular flexibility index (Phi) is 5.55. The summed E-state index contributed by atoms with van der Waals surface area (Å²) in [5.74, 6) is 0.583. The van der Waals surface area contributed by atoms with E-state index in [1.165, 1.54) is 4.90 Å². The standard InChI is InChI=1S/C11H22N2O3/c1-13(11(14)15)8-10(12)7-9-3-2-5-16-6-4-9/h9-10H,2-8,12H2,1H3,(H,14,15). The molecule has 0 aliphatic carbocycles. The summed E-state index contributed by atoms with van der Waals surface area (Å²) in [7, 11) is 1.55. The highest BCUT2D eigenvalue weighted by Gasteiger charge is 2.18. The van der Waals surface area contributed by atoms with Gasteiger partial charge in [-0.2, -0.15) is 0 Å². The third-order valence-corrected chi connectivity index (χ3v) is 3.04. The lowest BCUT2D eigenvalue weighted by molar-refractivity contribution is 0.139. The third kappa shape index (κ3) is 4.81. The molecule has 2 unspecified atom stereocenters. The van der Waals surface area contributed by atoms with Crippen LogP contribution in [0.1, 0.15) is 25.7 Å². The minimum atomic E-state index is -0.917. The van der Waals surface area contributed by atoms with E-state index < -0.39 is 6.09 Å². The van der Waals surface area contributed by atoms with Crippen LogP contribution in [0.2, 0.25) is 0 Å². The van der Waals surface area contributed by atoms with Gasteiger partial charge in [0.25, 0.3) is 0 Å². The molecule has 1 aliphatic heterocycles. The Morgan fingerprint density at radius 1 is 1.56 bits per heavy atom. The number of rotatable bonds is 4. The maximum Gasteiger partial charge on any atom is 0.407 e. The highest BCUT2D eigenvalue weighted by molar-refractivity contribution is 5.64. The topological polar surface area (TPSA) is 75.8 Å². The Bertz CT molecular complexity index is 215. The van der Waals surface area contributed by atoms with Crippen LogP contribution < -0.4 is 5.73 Å². The number of carbonyl (C=O) groups is 1. The second-order valence-electron chi connectivity index (χ2n) is 4.57. The van der Waals surface area contributed by atoms with Crippen molar-refractivity contribution >= 4 is 6.09 Å². The molecule has 0 aromatic heterocycles. The molecule has 0 aromatic rings. The minimum Gasteiger partial charge on any atom is -0.465 e. The molecule has 2 atom stereocenters. The van der Waals surface area contributed by atoms with Crippen molar-refractivity contribution in [3.63, 3.8) is 0 Å². The summed E-state index contributed by atoms with van der Waals surface area (Å²) < 4.78 is 5.38. The lowest BCUT2D eigenvalue weighted by atomic mass is 9.93. The number of ether oxygens (including phenoxy) is 1. The summed E-state index contributed by atoms with van der Waals surface area (Å²) in [6.07, 6.45) is 3.25. The van der Waals surface area contributed by atoms with E-state index in [-0.39, 0.29) is 6.04 Å². The minimum absolute atomic E-state index is 0.0656. The van der Waals surface area contributed by atoms with Crippen LogP contribution >= 0.6 is 0 Å². The van der Waals surface area contributed by atoms with Crippen molar-refractivity contribution in [2.75, 3.05) is 26.8 Å². The summed E-state index contributed by atoms with van der Waals surface area (Å²) in [6.45, 7) is 2.07. The zero-order valence-electron chi connectivity index (χ0n) is 9.89. The van der Waals surface area contributed by atoms with E-state index in [0.717, 1.165) is 38.9 Å². The van der Waals surface area contributed by atoms with Gasteiger partial charge in [0.15, 0.2) is 0 Å². The van der Waals surface area contributed by atoms with E-state index in [9.17, 15) is 4.79 Å². The molecule has 5 heteroatoms. The smallest absolute Gasteiger partial charge is 0.407 e. The van der Waals surface area contributed by atoms with E-state index in [1.807, 2.05) is 0 Å². The van der Waals surface area contributed by atoms with Crippen LogP contribution in [0, 0.1) is 5.92 Å². The molecule has 1 heterocycles. The second kappa shape index (κ2) is 6.70. The largest absolute Gasteiger partial charge is 0.465 e. The van der Waals surface area contributed by atoms with Gasteiger partial charge in [-0.25, -0.2) is 4.79 Å². The van der Waals surface area contributed by atoms with Crippen LogP contribution in [-0.4, -0.2) is 48.9 Å². The van der Waals surface area contributed by atoms with E-state index in [1.54, 1.807) is 7.05 Å². The predicted molar refractivity (Wildman–Crippen MR) is 61.4 cm³/mol. The molecule has 1 rings (SSSR count). The first-order valence-corrected chi connectivity index (χ1v) is 5.87. The average molecular weight is 230 g/mol. The molecule has 94 valence electrons. The van der Waals surface area contributed by atoms with Gasteiger partial charge in [-0.1, -0.05) is 0 Å². The fourth-order valence-electron chi connectivity index (χ4n) is 2.14. The van der Waals surface area contributed by atoms with Crippen LogP contribution in [0.4, 0.5) is 4.79 Å². The zero-order chi connectivity index (χ0) is 12.0. The monoisotopic (exact) mass is 230 g/mol. The van der Waals surface area contributed by atoms with Crippen molar-refractivity contribution in [3.8, 4) is 0 Å². The van der Waals surface area contributed by atoms with Gasteiger partial charge >= 0.3 is 6.09 Å². The first kappa shape index (κ1) is 13.3. The van der Waals surface area contributed by atoms with Gasteiger partial charge in [0.2, 0.25) is 0 Å². The molecule has 5 nitrogen and oxygen atoms in total. The molecule has 0 radical (unpaired) electrons. The van der Waals surface area contributed by atoms with Crippen molar-refractivity contribution in [2.45, 2.75) is 31.7 Å². The lowest BCUT2D eigenvalue weighted by Crippen LogP contribution is -2.39. The van der Waals surface area contributed by atoms with Gasteiger partial charge in [0, 0.05) is 32.8 Å². The molecule has 3 N–H and O–H groups in total. The number of nitrogens with two attached hydrogens (primary N) is 1. The number of nitrogens with zero attached hydrogens (tertiary/aromatic N) is 1. The van der Waals surface area contributed by atoms with E-state index >= 15 is 0 Å². The third-order valence-electron chi connectivity index (χ3n) is 3.04. The van der Waals surface area contributed by atoms with Crippen molar-refractivity contribution in [3.05, 3.63) is 0 Å². The highest BCUT2D eigenvalue weighted by Crippen LogP contribution is 2.20. The Labute approximate surface area is 96.6 Å². The molecule has 1 aliphatic rings. The predicted octanol–water partition coefficient (Wildman–Crippen LogP) is 1.13. The van der Waals surface area contributed by atoms with Crippen LogP contribution in [0.25, 0.3) is 0 Å². The second-order valence-corrected chi connectivity index (χ2v) is 4.57. The van der Waals surface area contributed by atoms with Crippen molar-refractivity contribution < 1.29 is 14.6 Å². The molecule has 0 aromatic carbocycles. The number of hydrogen-bond donors (Lipinski definition) is 2. The SMILES string of the molecule is CN(CC(N)CC1CCCOCC1)C(=O)O. The molecule has 0 bridgehead atoms. The summed E-state index contributed by atoms with van der Waals surface area (Å²) in [6, 6.07) is -0.0656. The first-order valence-electron chi connectivity index (χ1n) is 5.87. The van der Waals surface area contributed by atoms with E-state index in [0.29, 0.717) is 12.5 Å². The van der Waals surface area contributed by atoms with E-state index in [2.05, 4.69) is 0 Å². The maximum atomic E-state index is 10.6. The summed E-state index contributed by atoms with van der Waals surface area (Å²) >= 11 is 0. The van der Waals surface area contributed by atoms with Crippen LogP contribution in [-0.2, 0) is 4.74 Å². The fraction of sp³-hybridized carbons (Fsp3) is 0.909. The Balaban J connectivity index is 2.26. The van der Waals surface area contributed by atoms with Crippen molar-refractivity contribution in [1.29, 1.82) is 0 Å². The number of likely N-dealkylation sites (N-methyl/N-ethyl adjacent to an activating group) is 1. The van der Waals surface area contributed by atoms with E-state index in [4.69, 9.17) is 15.6 Å². The Morgan fingerprint density at radius 3 is 3.00 bits per heavy atom. The van der Waals surface area contributed by atoms with Crippen LogP contribution in [0.5, 0.6) is 0 Å². The molecular formula is C11H22N2O3. The lowest BCUT2D eigenvalue weighted by Gasteiger charge is -2.22. The summed E-state index contributed by atoms with van der Waals surface area (Å²) in [4.78, 5) is 11.9. The molecule has 1 amide bonds. The summed E-state index contributed by atoms with van der Waals surface area (Å²) in [5.41, 5.74) is 5.95. The van der Waals surface area contributed by atoms with Crippen molar-refractivity contribution in [1.82, 2.24) is 4.90 Å². The average Bonchev–Trinajstić information content (AvgIpc) is 2.45. The fourth-order valence-corrected chi connectivity index (χ4v) is 2.14. The quantitative estimate of drug-likeness (QED) is 0.759. The molecule has 0 spiro atoms. The van der Waals surface area contributed by atoms with Gasteiger partial charge in [0.05, 0.1) is 0 Å². The Morgan fingerprint density at radius 2 is 2.31 bits per heavy atom. The van der Waals surface area contributed by atoms with Gasteiger partial charge in [-0.15, -0.1) is 0 Å². The van der Waals surface area contributed by atoms with Gasteiger partial charge in [0.1, 0.15) is 0 Å². The van der Waals surface area contributed by atoms with Crippen molar-refractivity contribution in [2.24, 2.45) is 11.7 Å². The molecular weight excluding hydrogens is 208 g/mol. The molecule has 16 heavy (non-hydrogen) atoms. The Hall–Kier alpha value is -0.810. The maximum absolute atomic E-state index is 10.6. The number of hydrogen-bond acceptors (Lipinski definition) is 3. The van der Waals surface area contributed by atoms with Gasteiger partial charge in [-0.05, 0) is 31.6 Å². The first-order chi connectivity index (χ1) is 7.59.